The first-order chi connectivity index (χ1) is 19.8. The zero-order valence-corrected chi connectivity index (χ0v) is 22.9. The molecule has 208 valence electrons. The lowest BCUT2D eigenvalue weighted by molar-refractivity contribution is 0.102. The van der Waals surface area contributed by atoms with Crippen molar-refractivity contribution in [3.63, 3.8) is 0 Å². The van der Waals surface area contributed by atoms with Crippen LogP contribution in [0, 0.1) is 19.7 Å². The lowest BCUT2D eigenvalue weighted by atomic mass is 9.97. The molecule has 3 heterocycles. The number of fused-ring (bicyclic) bond motifs is 1. The Morgan fingerprint density at radius 3 is 2.54 bits per heavy atom. The van der Waals surface area contributed by atoms with Crippen LogP contribution in [-0.4, -0.2) is 34.6 Å². The molecule has 0 atom stereocenters. The number of benzene rings is 2. The summed E-state index contributed by atoms with van der Waals surface area (Å²) in [5, 5.41) is 2.75. The summed E-state index contributed by atoms with van der Waals surface area (Å²) in [6.45, 7) is 5.72. The molecule has 0 fully saturated rings. The minimum atomic E-state index is -0.581. The fraction of sp³-hybridized carbons (Fsp3) is 0.161. The van der Waals surface area contributed by atoms with Gasteiger partial charge in [0.05, 0.1) is 19.2 Å². The van der Waals surface area contributed by atoms with Crippen molar-refractivity contribution in [3.8, 4) is 34.3 Å². The Bertz CT molecular complexity index is 1820. The zero-order valence-electron chi connectivity index (χ0n) is 22.9. The van der Waals surface area contributed by atoms with E-state index in [4.69, 9.17) is 14.2 Å². The van der Waals surface area contributed by atoms with Gasteiger partial charge < -0.3 is 24.5 Å². The number of carbonyl (C=O) groups excluding carboxylic acids is 1. The van der Waals surface area contributed by atoms with Gasteiger partial charge in [0.2, 0.25) is 5.43 Å². The van der Waals surface area contributed by atoms with Gasteiger partial charge in [0.15, 0.2) is 11.5 Å². The van der Waals surface area contributed by atoms with Gasteiger partial charge in [-0.15, -0.1) is 0 Å². The molecule has 0 bridgehead atoms. The molecule has 0 aliphatic heterocycles. The molecule has 10 heteroatoms. The molecule has 5 rings (SSSR count). The molecule has 0 saturated heterocycles. The number of anilines is 1. The van der Waals surface area contributed by atoms with E-state index < -0.39 is 17.2 Å². The van der Waals surface area contributed by atoms with E-state index in [1.807, 2.05) is 6.92 Å². The molecule has 0 aliphatic rings. The van der Waals surface area contributed by atoms with Crippen molar-refractivity contribution in [2.45, 2.75) is 20.8 Å². The van der Waals surface area contributed by atoms with Crippen molar-refractivity contribution >= 4 is 22.6 Å². The van der Waals surface area contributed by atoms with E-state index in [0.717, 1.165) is 0 Å². The molecule has 0 aliphatic carbocycles. The molecule has 0 unspecified atom stereocenters. The van der Waals surface area contributed by atoms with Gasteiger partial charge in [-0.3, -0.25) is 14.6 Å². The predicted octanol–water partition coefficient (Wildman–Crippen LogP) is 6.19. The molecule has 2 aromatic carbocycles. The highest BCUT2D eigenvalue weighted by Crippen LogP contribution is 2.34. The number of nitrogens with zero attached hydrogens (tertiary/aromatic N) is 2. The van der Waals surface area contributed by atoms with Crippen molar-refractivity contribution in [2.24, 2.45) is 0 Å². The van der Waals surface area contributed by atoms with Crippen LogP contribution in [0.4, 0.5) is 10.1 Å². The summed E-state index contributed by atoms with van der Waals surface area (Å²) in [4.78, 5) is 38.2. The Kier molecular flexibility index (Phi) is 7.64. The first kappa shape index (κ1) is 27.3. The molecule has 0 saturated carbocycles. The minimum Gasteiger partial charge on any atom is -0.491 e. The predicted molar refractivity (Wildman–Crippen MR) is 154 cm³/mol. The number of rotatable bonds is 8. The van der Waals surface area contributed by atoms with Crippen LogP contribution in [0.5, 0.6) is 23.1 Å². The molecule has 0 spiro atoms. The minimum absolute atomic E-state index is 0.0653. The summed E-state index contributed by atoms with van der Waals surface area (Å²) >= 11 is 0. The molecule has 1 amide bonds. The molecule has 41 heavy (non-hydrogen) atoms. The zero-order chi connectivity index (χ0) is 29.1. The fourth-order valence-corrected chi connectivity index (χ4v) is 4.44. The Balaban J connectivity index is 1.37. The number of carbonyl (C=O) groups is 1. The van der Waals surface area contributed by atoms with Crippen LogP contribution >= 0.6 is 0 Å². The van der Waals surface area contributed by atoms with Crippen molar-refractivity contribution in [3.05, 3.63) is 99.9 Å². The standard InChI is InChI=1S/C31H27FN4O5/c1-5-40-31-26(39-4)15-24-28(36-31)25(12-13-33-24)41-21-9-7-20(8-10-21)35-30(38)23-16-34-18(3)27(29(23)37)22-11-6-19(32)14-17(22)2/h6-16H,5H2,1-4H3,(H,34,37)(H,35,38). The van der Waals surface area contributed by atoms with E-state index in [0.29, 0.717) is 68.8 Å². The van der Waals surface area contributed by atoms with E-state index in [2.05, 4.69) is 20.3 Å². The Morgan fingerprint density at radius 2 is 1.83 bits per heavy atom. The second-order valence-electron chi connectivity index (χ2n) is 9.18. The lowest BCUT2D eigenvalue weighted by Gasteiger charge is -2.13. The Hall–Kier alpha value is -5.25. The number of aromatic amines is 1. The van der Waals surface area contributed by atoms with Gasteiger partial charge in [0.1, 0.15) is 22.6 Å². The van der Waals surface area contributed by atoms with Gasteiger partial charge in [0, 0.05) is 41.5 Å². The number of nitrogens with one attached hydrogen (secondary N) is 2. The van der Waals surface area contributed by atoms with Crippen LogP contribution in [-0.2, 0) is 0 Å². The number of methoxy groups -OCH3 is 1. The summed E-state index contributed by atoms with van der Waals surface area (Å²) in [5.41, 5.74) is 3.07. The third kappa shape index (κ3) is 5.58. The number of aryl methyl sites for hydroxylation is 2. The van der Waals surface area contributed by atoms with Crippen LogP contribution in [0.2, 0.25) is 0 Å². The highest BCUT2D eigenvalue weighted by Gasteiger charge is 2.19. The van der Waals surface area contributed by atoms with E-state index >= 15 is 0 Å². The molecule has 3 aromatic heterocycles. The summed E-state index contributed by atoms with van der Waals surface area (Å²) in [5.74, 6) is 0.783. The maximum Gasteiger partial charge on any atom is 0.261 e. The molecule has 2 N–H and O–H groups in total. The third-order valence-electron chi connectivity index (χ3n) is 6.43. The van der Waals surface area contributed by atoms with Gasteiger partial charge >= 0.3 is 0 Å². The number of amides is 1. The molecule has 0 radical (unpaired) electrons. The highest BCUT2D eigenvalue weighted by atomic mass is 19.1. The number of halogens is 1. The Labute approximate surface area is 235 Å². The fourth-order valence-electron chi connectivity index (χ4n) is 4.44. The van der Waals surface area contributed by atoms with E-state index in [9.17, 15) is 14.0 Å². The maximum absolute atomic E-state index is 13.6. The summed E-state index contributed by atoms with van der Waals surface area (Å²) < 4.78 is 30.6. The summed E-state index contributed by atoms with van der Waals surface area (Å²) in [7, 11) is 1.53. The smallest absolute Gasteiger partial charge is 0.261 e. The average molecular weight is 555 g/mol. The molecule has 5 aromatic rings. The number of pyridine rings is 3. The normalized spacial score (nSPS) is 10.9. The monoisotopic (exact) mass is 554 g/mol. The number of H-pyrrole nitrogens is 1. The van der Waals surface area contributed by atoms with Crippen LogP contribution < -0.4 is 25.0 Å². The Morgan fingerprint density at radius 1 is 1.05 bits per heavy atom. The van der Waals surface area contributed by atoms with Gasteiger partial charge in [-0.1, -0.05) is 6.07 Å². The van der Waals surface area contributed by atoms with Crippen molar-refractivity contribution in [1.29, 1.82) is 0 Å². The molecular formula is C31H27FN4O5. The number of aromatic nitrogens is 3. The SMILES string of the molecule is CCOc1nc2c(Oc3ccc(NC(=O)c4c[nH]c(C)c(-c5ccc(F)cc5C)c4=O)cc3)ccnc2cc1OC. The van der Waals surface area contributed by atoms with Crippen LogP contribution in [0.15, 0.2) is 71.8 Å². The van der Waals surface area contributed by atoms with Gasteiger partial charge in [-0.2, -0.15) is 0 Å². The molecular weight excluding hydrogens is 527 g/mol. The number of hydrogen-bond acceptors (Lipinski definition) is 7. The first-order valence-corrected chi connectivity index (χ1v) is 12.8. The number of hydrogen-bond donors (Lipinski definition) is 2. The second-order valence-corrected chi connectivity index (χ2v) is 9.18. The molecule has 9 nitrogen and oxygen atoms in total. The van der Waals surface area contributed by atoms with E-state index in [1.54, 1.807) is 56.4 Å². The third-order valence-corrected chi connectivity index (χ3v) is 6.43. The van der Waals surface area contributed by atoms with Gasteiger partial charge in [0.25, 0.3) is 11.8 Å². The van der Waals surface area contributed by atoms with Crippen molar-refractivity contribution in [2.75, 3.05) is 19.0 Å². The van der Waals surface area contributed by atoms with Crippen molar-refractivity contribution in [1.82, 2.24) is 15.0 Å². The topological polar surface area (TPSA) is 115 Å². The largest absolute Gasteiger partial charge is 0.491 e. The number of ether oxygens (including phenoxy) is 3. The maximum atomic E-state index is 13.6. The van der Waals surface area contributed by atoms with Gasteiger partial charge in [-0.25, -0.2) is 9.37 Å². The lowest BCUT2D eigenvalue weighted by Crippen LogP contribution is -2.24. The van der Waals surface area contributed by atoms with Crippen LogP contribution in [0.1, 0.15) is 28.5 Å². The average Bonchev–Trinajstić information content (AvgIpc) is 2.95. The van der Waals surface area contributed by atoms with Crippen LogP contribution in [0.3, 0.4) is 0 Å². The first-order valence-electron chi connectivity index (χ1n) is 12.8. The summed E-state index contributed by atoms with van der Waals surface area (Å²) in [6, 6.07) is 14.3. The summed E-state index contributed by atoms with van der Waals surface area (Å²) in [6.07, 6.45) is 2.98. The van der Waals surface area contributed by atoms with E-state index in [-0.39, 0.29) is 5.56 Å². The highest BCUT2D eigenvalue weighted by molar-refractivity contribution is 6.04. The van der Waals surface area contributed by atoms with E-state index in [1.165, 1.54) is 31.5 Å². The second kappa shape index (κ2) is 11.5. The quantitative estimate of drug-likeness (QED) is 0.235. The van der Waals surface area contributed by atoms with Crippen molar-refractivity contribution < 1.29 is 23.4 Å². The van der Waals surface area contributed by atoms with Crippen LogP contribution in [0.25, 0.3) is 22.2 Å². The van der Waals surface area contributed by atoms with Gasteiger partial charge in [-0.05, 0) is 68.3 Å².